The van der Waals surface area contributed by atoms with Crippen LogP contribution >= 0.6 is 34.5 Å². The van der Waals surface area contributed by atoms with Gasteiger partial charge in [0.05, 0.1) is 22.7 Å². The number of rotatable bonds is 7. The molecule has 0 aliphatic heterocycles. The molecule has 3 aromatic rings. The van der Waals surface area contributed by atoms with Gasteiger partial charge in [0.25, 0.3) is 0 Å². The quantitative estimate of drug-likeness (QED) is 0.569. The van der Waals surface area contributed by atoms with Gasteiger partial charge in [-0.3, -0.25) is 4.79 Å². The number of nitrogens with zero attached hydrogens (tertiary/aromatic N) is 1. The maximum absolute atomic E-state index is 12.3. The van der Waals surface area contributed by atoms with E-state index in [-0.39, 0.29) is 18.4 Å². The summed E-state index contributed by atoms with van der Waals surface area (Å²) in [5.74, 6) is 0.896. The van der Waals surface area contributed by atoms with Gasteiger partial charge in [-0.15, -0.1) is 11.3 Å². The maximum Gasteiger partial charge on any atom is 0.225 e. The first kappa shape index (κ1) is 19.0. The van der Waals surface area contributed by atoms with Crippen LogP contribution in [0.2, 0.25) is 10.0 Å². The molecule has 136 valence electrons. The summed E-state index contributed by atoms with van der Waals surface area (Å²) in [4.78, 5) is 17.5. The van der Waals surface area contributed by atoms with Gasteiger partial charge in [0.1, 0.15) is 10.8 Å². The molecule has 7 heteroatoms. The second-order valence-electron chi connectivity index (χ2n) is 5.99. The highest BCUT2D eigenvalue weighted by Crippen LogP contribution is 2.36. The molecule has 1 unspecified atom stereocenters. The van der Waals surface area contributed by atoms with Gasteiger partial charge in [-0.25, -0.2) is 4.98 Å². The Balaban J connectivity index is 1.56. The van der Waals surface area contributed by atoms with Crippen LogP contribution in [0.4, 0.5) is 0 Å². The fraction of sp³-hybridized carbons (Fsp3) is 0.263. The standard InChI is InChI=1S/C19H18Cl2N2O2S/c1-12(7-8-13-4-3-9-25-13)23-17(24)10-14-11-22-19(26-14)18-15(20)5-2-6-16(18)21/h2-6,9,11-12H,7-8,10H2,1H3,(H,23,24). The van der Waals surface area contributed by atoms with Crippen molar-refractivity contribution >= 4 is 40.4 Å². The number of amides is 1. The summed E-state index contributed by atoms with van der Waals surface area (Å²) in [5.41, 5.74) is 0.708. The summed E-state index contributed by atoms with van der Waals surface area (Å²) in [6.45, 7) is 1.99. The van der Waals surface area contributed by atoms with E-state index in [1.807, 2.05) is 19.1 Å². The van der Waals surface area contributed by atoms with Crippen LogP contribution in [0.15, 0.2) is 47.2 Å². The molecule has 1 amide bonds. The SMILES string of the molecule is CC(CCc1ccco1)NC(=O)Cc1cnc(-c2c(Cl)cccc2Cl)s1. The van der Waals surface area contributed by atoms with E-state index in [2.05, 4.69) is 10.3 Å². The van der Waals surface area contributed by atoms with Crippen LogP contribution in [0.25, 0.3) is 10.6 Å². The van der Waals surface area contributed by atoms with E-state index >= 15 is 0 Å². The van der Waals surface area contributed by atoms with E-state index in [4.69, 9.17) is 27.6 Å². The zero-order valence-corrected chi connectivity index (χ0v) is 16.5. The molecule has 1 aromatic carbocycles. The van der Waals surface area contributed by atoms with Crippen molar-refractivity contribution < 1.29 is 9.21 Å². The number of halogens is 2. The predicted octanol–water partition coefficient (Wildman–Crippen LogP) is 5.39. The van der Waals surface area contributed by atoms with Crippen molar-refractivity contribution in [1.29, 1.82) is 0 Å². The van der Waals surface area contributed by atoms with Gasteiger partial charge in [-0.1, -0.05) is 29.3 Å². The van der Waals surface area contributed by atoms with Gasteiger partial charge in [-0.05, 0) is 37.6 Å². The minimum atomic E-state index is -0.0302. The highest BCUT2D eigenvalue weighted by atomic mass is 35.5. The summed E-state index contributed by atoms with van der Waals surface area (Å²) >= 11 is 13.9. The van der Waals surface area contributed by atoms with Gasteiger partial charge in [0, 0.05) is 29.1 Å². The molecular formula is C19H18Cl2N2O2S. The molecule has 0 radical (unpaired) electrons. The Hall–Kier alpha value is -1.82. The molecule has 0 fully saturated rings. The Morgan fingerprint density at radius 1 is 1.27 bits per heavy atom. The van der Waals surface area contributed by atoms with Gasteiger partial charge in [-0.2, -0.15) is 0 Å². The molecule has 0 saturated carbocycles. The Morgan fingerprint density at radius 3 is 2.73 bits per heavy atom. The zero-order valence-electron chi connectivity index (χ0n) is 14.2. The second kappa shape index (κ2) is 8.71. The Morgan fingerprint density at radius 2 is 2.04 bits per heavy atom. The van der Waals surface area contributed by atoms with Crippen molar-refractivity contribution in [1.82, 2.24) is 10.3 Å². The van der Waals surface area contributed by atoms with E-state index in [1.165, 1.54) is 11.3 Å². The van der Waals surface area contributed by atoms with Crippen LogP contribution in [0.5, 0.6) is 0 Å². The highest BCUT2D eigenvalue weighted by Gasteiger charge is 2.15. The van der Waals surface area contributed by atoms with E-state index in [0.717, 1.165) is 23.5 Å². The number of carbonyl (C=O) groups is 1. The first-order valence-electron chi connectivity index (χ1n) is 8.23. The molecule has 3 rings (SSSR count). The molecule has 0 saturated heterocycles. The Labute approximate surface area is 166 Å². The van der Waals surface area contributed by atoms with Gasteiger partial charge in [0.2, 0.25) is 5.91 Å². The Kier molecular flexibility index (Phi) is 6.35. The summed E-state index contributed by atoms with van der Waals surface area (Å²) in [6.07, 6.45) is 5.26. The van der Waals surface area contributed by atoms with Crippen molar-refractivity contribution in [2.45, 2.75) is 32.2 Å². The molecular weight excluding hydrogens is 391 g/mol. The molecule has 2 heterocycles. The van der Waals surface area contributed by atoms with E-state index in [0.29, 0.717) is 20.6 Å². The predicted molar refractivity (Wildman–Crippen MR) is 106 cm³/mol. The average molecular weight is 409 g/mol. The molecule has 0 bridgehead atoms. The fourth-order valence-corrected chi connectivity index (χ4v) is 4.25. The normalized spacial score (nSPS) is 12.1. The lowest BCUT2D eigenvalue weighted by Crippen LogP contribution is -2.33. The van der Waals surface area contributed by atoms with Gasteiger partial charge in [0.15, 0.2) is 0 Å². The average Bonchev–Trinajstić information content (AvgIpc) is 3.25. The van der Waals surface area contributed by atoms with E-state index in [9.17, 15) is 4.79 Å². The lowest BCUT2D eigenvalue weighted by molar-refractivity contribution is -0.121. The van der Waals surface area contributed by atoms with Crippen molar-refractivity contribution in [2.24, 2.45) is 0 Å². The lowest BCUT2D eigenvalue weighted by atomic mass is 10.1. The summed E-state index contributed by atoms with van der Waals surface area (Å²) < 4.78 is 5.31. The van der Waals surface area contributed by atoms with Crippen LogP contribution in [-0.2, 0) is 17.6 Å². The number of nitrogens with one attached hydrogen (secondary N) is 1. The number of hydrogen-bond acceptors (Lipinski definition) is 4. The van der Waals surface area contributed by atoms with Gasteiger partial charge >= 0.3 is 0 Å². The largest absolute Gasteiger partial charge is 0.469 e. The number of benzene rings is 1. The Bertz CT molecular complexity index is 857. The third-order valence-corrected chi connectivity index (χ3v) is 5.52. The summed E-state index contributed by atoms with van der Waals surface area (Å²) in [7, 11) is 0. The topological polar surface area (TPSA) is 55.1 Å². The summed E-state index contributed by atoms with van der Waals surface area (Å²) in [5, 5.41) is 4.83. The van der Waals surface area contributed by atoms with Crippen LogP contribution in [-0.4, -0.2) is 16.9 Å². The van der Waals surface area contributed by atoms with E-state index < -0.39 is 0 Å². The third kappa shape index (κ3) is 4.87. The number of aryl methyl sites for hydroxylation is 1. The molecule has 1 atom stereocenters. The highest BCUT2D eigenvalue weighted by molar-refractivity contribution is 7.15. The lowest BCUT2D eigenvalue weighted by Gasteiger charge is -2.12. The maximum atomic E-state index is 12.3. The van der Waals surface area contributed by atoms with Crippen LogP contribution in [0.3, 0.4) is 0 Å². The van der Waals surface area contributed by atoms with Crippen LogP contribution in [0, 0.1) is 0 Å². The molecule has 0 aliphatic carbocycles. The number of aromatic nitrogens is 1. The van der Waals surface area contributed by atoms with Crippen LogP contribution in [0.1, 0.15) is 24.0 Å². The summed E-state index contributed by atoms with van der Waals surface area (Å²) in [6, 6.07) is 9.21. The van der Waals surface area contributed by atoms with Crippen LogP contribution < -0.4 is 5.32 Å². The minimum absolute atomic E-state index is 0.0302. The number of hydrogen-bond donors (Lipinski definition) is 1. The molecule has 2 aromatic heterocycles. The number of carbonyl (C=O) groups excluding carboxylic acids is 1. The van der Waals surface area contributed by atoms with Crippen molar-refractivity contribution in [2.75, 3.05) is 0 Å². The smallest absolute Gasteiger partial charge is 0.225 e. The first-order valence-corrected chi connectivity index (χ1v) is 9.81. The zero-order chi connectivity index (χ0) is 18.5. The number of furan rings is 1. The first-order chi connectivity index (χ1) is 12.5. The second-order valence-corrected chi connectivity index (χ2v) is 7.92. The number of thiazole rings is 1. The van der Waals surface area contributed by atoms with Crippen molar-refractivity contribution in [3.8, 4) is 10.6 Å². The fourth-order valence-electron chi connectivity index (χ4n) is 2.58. The minimum Gasteiger partial charge on any atom is -0.469 e. The molecule has 4 nitrogen and oxygen atoms in total. The monoisotopic (exact) mass is 408 g/mol. The third-order valence-electron chi connectivity index (χ3n) is 3.88. The molecule has 0 aliphatic rings. The van der Waals surface area contributed by atoms with Gasteiger partial charge < -0.3 is 9.73 Å². The molecule has 0 spiro atoms. The van der Waals surface area contributed by atoms with Crippen molar-refractivity contribution in [3.05, 3.63) is 63.5 Å². The molecule has 26 heavy (non-hydrogen) atoms. The van der Waals surface area contributed by atoms with E-state index in [1.54, 1.807) is 30.7 Å². The van der Waals surface area contributed by atoms with Crippen molar-refractivity contribution in [3.63, 3.8) is 0 Å². The molecule has 1 N–H and O–H groups in total.